The molecule has 2 aromatic heterocycles. The number of H-pyrrole nitrogens is 1. The fourth-order valence-electron chi connectivity index (χ4n) is 3.61. The molecule has 1 saturated heterocycles. The van der Waals surface area contributed by atoms with Crippen LogP contribution in [-0.2, 0) is 4.79 Å². The Bertz CT molecular complexity index is 932. The van der Waals surface area contributed by atoms with E-state index in [-0.39, 0.29) is 11.9 Å². The standard InChI is InChI=1S/C21H22N4O/c1-2-20(26)24-16-9-6-10-25(14-16)17-11-18-19(13-23-21(18)22-12-17)15-7-4-3-5-8-15/h2-5,7-8,11-13,16H,1,6,9-10,14H2,(H,22,23)(H,24,26)/t16-/m0/s1. The minimum atomic E-state index is -0.109. The van der Waals surface area contributed by atoms with Crippen LogP contribution in [-0.4, -0.2) is 35.0 Å². The summed E-state index contributed by atoms with van der Waals surface area (Å²) in [6, 6.07) is 12.7. The van der Waals surface area contributed by atoms with Gasteiger partial charge < -0.3 is 15.2 Å². The summed E-state index contributed by atoms with van der Waals surface area (Å²) in [5.41, 5.74) is 4.31. The Kier molecular flexibility index (Phi) is 4.44. The molecule has 1 fully saturated rings. The van der Waals surface area contributed by atoms with Crippen molar-refractivity contribution in [1.29, 1.82) is 0 Å². The molecule has 1 aromatic carbocycles. The van der Waals surface area contributed by atoms with E-state index in [2.05, 4.69) is 45.0 Å². The lowest BCUT2D eigenvalue weighted by atomic mass is 10.0. The van der Waals surface area contributed by atoms with Crippen LogP contribution in [0.4, 0.5) is 5.69 Å². The summed E-state index contributed by atoms with van der Waals surface area (Å²) in [5.74, 6) is -0.109. The van der Waals surface area contributed by atoms with Crippen molar-refractivity contribution in [3.05, 3.63) is 61.4 Å². The van der Waals surface area contributed by atoms with Gasteiger partial charge in [0.05, 0.1) is 11.9 Å². The van der Waals surface area contributed by atoms with Gasteiger partial charge in [0.1, 0.15) is 5.65 Å². The van der Waals surface area contributed by atoms with Crippen LogP contribution < -0.4 is 10.2 Å². The number of fused-ring (bicyclic) bond motifs is 1. The van der Waals surface area contributed by atoms with Crippen LogP contribution in [0.3, 0.4) is 0 Å². The van der Waals surface area contributed by atoms with Crippen LogP contribution in [0.15, 0.2) is 61.4 Å². The van der Waals surface area contributed by atoms with Gasteiger partial charge in [0.25, 0.3) is 0 Å². The molecule has 1 atom stereocenters. The Balaban J connectivity index is 1.62. The number of nitrogens with zero attached hydrogens (tertiary/aromatic N) is 2. The highest BCUT2D eigenvalue weighted by Crippen LogP contribution is 2.31. The minimum Gasteiger partial charge on any atom is -0.368 e. The molecule has 2 N–H and O–H groups in total. The molecule has 1 aliphatic heterocycles. The van der Waals surface area contributed by atoms with E-state index in [1.807, 2.05) is 30.6 Å². The van der Waals surface area contributed by atoms with Gasteiger partial charge in [0, 0.05) is 36.3 Å². The lowest BCUT2D eigenvalue weighted by Gasteiger charge is -2.34. The van der Waals surface area contributed by atoms with E-state index in [9.17, 15) is 4.79 Å². The summed E-state index contributed by atoms with van der Waals surface area (Å²) in [5, 5.41) is 4.13. The number of aromatic nitrogens is 2. The number of piperidine rings is 1. The zero-order valence-electron chi connectivity index (χ0n) is 14.6. The molecular formula is C21H22N4O. The second kappa shape index (κ2) is 7.04. The number of hydrogen-bond donors (Lipinski definition) is 2. The molecule has 0 bridgehead atoms. The number of amides is 1. The van der Waals surface area contributed by atoms with Gasteiger partial charge >= 0.3 is 0 Å². The van der Waals surface area contributed by atoms with Crippen molar-refractivity contribution in [2.75, 3.05) is 18.0 Å². The highest BCUT2D eigenvalue weighted by atomic mass is 16.1. The highest BCUT2D eigenvalue weighted by Gasteiger charge is 2.22. The molecule has 1 amide bonds. The van der Waals surface area contributed by atoms with Crippen molar-refractivity contribution in [2.24, 2.45) is 0 Å². The van der Waals surface area contributed by atoms with Gasteiger partial charge in [0.15, 0.2) is 0 Å². The Labute approximate surface area is 152 Å². The second-order valence-corrected chi connectivity index (χ2v) is 6.66. The Morgan fingerprint density at radius 1 is 1.35 bits per heavy atom. The molecule has 3 heterocycles. The quantitative estimate of drug-likeness (QED) is 0.711. The molecule has 0 unspecified atom stereocenters. The Hall–Kier alpha value is -3.08. The zero-order valence-corrected chi connectivity index (χ0v) is 14.6. The monoisotopic (exact) mass is 346 g/mol. The molecule has 26 heavy (non-hydrogen) atoms. The lowest BCUT2D eigenvalue weighted by molar-refractivity contribution is -0.117. The third kappa shape index (κ3) is 3.20. The maximum absolute atomic E-state index is 11.6. The van der Waals surface area contributed by atoms with E-state index >= 15 is 0 Å². The number of anilines is 1. The number of pyridine rings is 1. The van der Waals surface area contributed by atoms with Crippen molar-refractivity contribution in [3.8, 4) is 11.1 Å². The van der Waals surface area contributed by atoms with Crippen molar-refractivity contribution < 1.29 is 4.79 Å². The van der Waals surface area contributed by atoms with Gasteiger partial charge in [-0.05, 0) is 30.5 Å². The topological polar surface area (TPSA) is 61.0 Å². The summed E-state index contributed by atoms with van der Waals surface area (Å²) >= 11 is 0. The second-order valence-electron chi connectivity index (χ2n) is 6.66. The number of nitrogens with one attached hydrogen (secondary N) is 2. The van der Waals surface area contributed by atoms with Gasteiger partial charge in [-0.25, -0.2) is 4.98 Å². The first kappa shape index (κ1) is 16.4. The van der Waals surface area contributed by atoms with E-state index in [4.69, 9.17) is 0 Å². The first-order valence-electron chi connectivity index (χ1n) is 8.95. The predicted molar refractivity (Wildman–Crippen MR) is 105 cm³/mol. The number of carbonyl (C=O) groups is 1. The summed E-state index contributed by atoms with van der Waals surface area (Å²) in [6.07, 6.45) is 7.29. The van der Waals surface area contributed by atoms with Crippen LogP contribution in [0, 0.1) is 0 Å². The van der Waals surface area contributed by atoms with Gasteiger partial charge in [-0.15, -0.1) is 0 Å². The summed E-state index contributed by atoms with van der Waals surface area (Å²) in [7, 11) is 0. The van der Waals surface area contributed by atoms with Gasteiger partial charge in [0.2, 0.25) is 5.91 Å². The molecule has 5 nitrogen and oxygen atoms in total. The maximum Gasteiger partial charge on any atom is 0.243 e. The van der Waals surface area contributed by atoms with Gasteiger partial charge in [-0.3, -0.25) is 4.79 Å². The average Bonchev–Trinajstić information content (AvgIpc) is 3.12. The average molecular weight is 346 g/mol. The highest BCUT2D eigenvalue weighted by molar-refractivity contribution is 5.95. The molecule has 1 aliphatic rings. The Morgan fingerprint density at radius 2 is 2.19 bits per heavy atom. The van der Waals surface area contributed by atoms with Crippen molar-refractivity contribution in [2.45, 2.75) is 18.9 Å². The Morgan fingerprint density at radius 3 is 3.00 bits per heavy atom. The first-order chi connectivity index (χ1) is 12.7. The number of aromatic amines is 1. The molecule has 0 aliphatic carbocycles. The number of rotatable bonds is 4. The smallest absolute Gasteiger partial charge is 0.243 e. The van der Waals surface area contributed by atoms with Crippen LogP contribution in [0.1, 0.15) is 12.8 Å². The first-order valence-corrected chi connectivity index (χ1v) is 8.95. The summed E-state index contributed by atoms with van der Waals surface area (Å²) < 4.78 is 0. The van der Waals surface area contributed by atoms with Crippen LogP contribution in [0.25, 0.3) is 22.2 Å². The number of benzene rings is 1. The van der Waals surface area contributed by atoms with E-state index in [1.54, 1.807) is 0 Å². The molecule has 3 aromatic rings. The molecular weight excluding hydrogens is 324 g/mol. The zero-order chi connectivity index (χ0) is 17.9. The maximum atomic E-state index is 11.6. The predicted octanol–water partition coefficient (Wildman–Crippen LogP) is 3.50. The van der Waals surface area contributed by atoms with Crippen molar-refractivity contribution in [3.63, 3.8) is 0 Å². The van der Waals surface area contributed by atoms with Crippen LogP contribution in [0.5, 0.6) is 0 Å². The van der Waals surface area contributed by atoms with E-state index in [1.165, 1.54) is 11.6 Å². The lowest BCUT2D eigenvalue weighted by Crippen LogP contribution is -2.47. The van der Waals surface area contributed by atoms with Crippen LogP contribution >= 0.6 is 0 Å². The molecule has 4 rings (SSSR count). The van der Waals surface area contributed by atoms with E-state index < -0.39 is 0 Å². The van der Waals surface area contributed by atoms with Gasteiger partial charge in [-0.2, -0.15) is 0 Å². The van der Waals surface area contributed by atoms with Crippen molar-refractivity contribution in [1.82, 2.24) is 15.3 Å². The number of carbonyl (C=O) groups excluding carboxylic acids is 1. The number of hydrogen-bond acceptors (Lipinski definition) is 3. The molecule has 0 spiro atoms. The van der Waals surface area contributed by atoms with Crippen LogP contribution in [0.2, 0.25) is 0 Å². The summed E-state index contributed by atoms with van der Waals surface area (Å²) in [4.78, 5) is 21.8. The molecule has 5 heteroatoms. The molecule has 132 valence electrons. The molecule has 0 saturated carbocycles. The van der Waals surface area contributed by atoms with Crippen molar-refractivity contribution >= 4 is 22.6 Å². The van der Waals surface area contributed by atoms with E-state index in [0.717, 1.165) is 48.2 Å². The fraction of sp³-hybridized carbons (Fsp3) is 0.238. The normalized spacial score (nSPS) is 17.2. The van der Waals surface area contributed by atoms with E-state index in [0.29, 0.717) is 0 Å². The third-order valence-corrected chi connectivity index (χ3v) is 4.92. The summed E-state index contributed by atoms with van der Waals surface area (Å²) in [6.45, 7) is 5.29. The minimum absolute atomic E-state index is 0.109. The SMILES string of the molecule is C=CC(=O)N[C@H]1CCCN(c2cnc3[nH]cc(-c4ccccc4)c3c2)C1. The fourth-order valence-corrected chi connectivity index (χ4v) is 3.61. The molecule has 0 radical (unpaired) electrons. The largest absolute Gasteiger partial charge is 0.368 e. The third-order valence-electron chi connectivity index (χ3n) is 4.92. The van der Waals surface area contributed by atoms with Gasteiger partial charge in [-0.1, -0.05) is 36.9 Å².